The molecule has 18 heavy (non-hydrogen) atoms. The number of hydrogen-bond acceptors (Lipinski definition) is 5. The highest BCUT2D eigenvalue weighted by Gasteiger charge is 2.20. The van der Waals surface area contributed by atoms with E-state index in [1.807, 2.05) is 13.2 Å². The maximum Gasteiger partial charge on any atom is 0.293 e. The molecule has 1 rings (SSSR count). The molecular weight excluding hydrogens is 320 g/mol. The summed E-state index contributed by atoms with van der Waals surface area (Å²) < 4.78 is 0.663. The lowest BCUT2D eigenvalue weighted by Crippen LogP contribution is -2.31. The van der Waals surface area contributed by atoms with Crippen LogP contribution in [0.25, 0.3) is 0 Å². The summed E-state index contributed by atoms with van der Waals surface area (Å²) in [6.07, 6.45) is 1.90. The minimum atomic E-state index is -0.424. The molecule has 0 bridgehead atoms. The van der Waals surface area contributed by atoms with Crippen LogP contribution in [0.3, 0.4) is 0 Å². The van der Waals surface area contributed by atoms with E-state index in [-0.39, 0.29) is 23.6 Å². The molecule has 0 radical (unpaired) electrons. The van der Waals surface area contributed by atoms with Crippen molar-refractivity contribution in [2.75, 3.05) is 18.2 Å². The van der Waals surface area contributed by atoms with E-state index in [9.17, 15) is 15.2 Å². The molecule has 7 heteroatoms. The number of nitrogens with zero attached hydrogens (tertiary/aromatic N) is 1. The van der Waals surface area contributed by atoms with Gasteiger partial charge in [-0.2, -0.15) is 11.8 Å². The van der Waals surface area contributed by atoms with Gasteiger partial charge in [-0.25, -0.2) is 0 Å². The average Bonchev–Trinajstić information content (AvgIpc) is 2.32. The zero-order valence-corrected chi connectivity index (χ0v) is 12.5. The van der Waals surface area contributed by atoms with Gasteiger partial charge in [0.1, 0.15) is 5.69 Å². The average molecular weight is 335 g/mol. The van der Waals surface area contributed by atoms with Crippen LogP contribution in [0.2, 0.25) is 0 Å². The summed E-state index contributed by atoms with van der Waals surface area (Å²) in [7, 11) is 0. The van der Waals surface area contributed by atoms with Gasteiger partial charge in [0.05, 0.1) is 11.5 Å². The van der Waals surface area contributed by atoms with Gasteiger partial charge in [0.15, 0.2) is 0 Å². The Morgan fingerprint density at radius 1 is 1.61 bits per heavy atom. The van der Waals surface area contributed by atoms with E-state index in [4.69, 9.17) is 0 Å². The predicted octanol–water partition coefficient (Wildman–Crippen LogP) is 2.88. The van der Waals surface area contributed by atoms with Crippen molar-refractivity contribution in [2.45, 2.75) is 18.2 Å². The molecule has 0 aliphatic rings. The second-order valence-corrected chi connectivity index (χ2v) is 5.80. The lowest BCUT2D eigenvalue weighted by Gasteiger charge is -2.22. The van der Waals surface area contributed by atoms with Crippen molar-refractivity contribution in [2.24, 2.45) is 0 Å². The van der Waals surface area contributed by atoms with Crippen LogP contribution in [0.4, 0.5) is 11.4 Å². The maximum atomic E-state index is 11.0. The van der Waals surface area contributed by atoms with Crippen LogP contribution in [-0.4, -0.2) is 34.2 Å². The minimum absolute atomic E-state index is 0.00625. The molecule has 2 unspecified atom stereocenters. The van der Waals surface area contributed by atoms with Crippen molar-refractivity contribution in [3.8, 4) is 0 Å². The SMILES string of the molecule is CSC(CO)C(C)Nc1ccc(Br)cc1[N+](=O)[O-]. The summed E-state index contributed by atoms with van der Waals surface area (Å²) >= 11 is 4.73. The van der Waals surface area contributed by atoms with Gasteiger partial charge in [0.25, 0.3) is 5.69 Å². The maximum absolute atomic E-state index is 11.0. The van der Waals surface area contributed by atoms with Crippen LogP contribution in [0.1, 0.15) is 6.92 Å². The van der Waals surface area contributed by atoms with E-state index in [1.165, 1.54) is 17.8 Å². The summed E-state index contributed by atoms with van der Waals surface area (Å²) in [5, 5.41) is 23.2. The van der Waals surface area contributed by atoms with Gasteiger partial charge >= 0.3 is 0 Å². The molecule has 2 N–H and O–H groups in total. The molecule has 0 spiro atoms. The van der Waals surface area contributed by atoms with Crippen molar-refractivity contribution >= 4 is 39.1 Å². The van der Waals surface area contributed by atoms with Crippen LogP contribution >= 0.6 is 27.7 Å². The Kier molecular flexibility index (Phi) is 5.90. The normalized spacial score (nSPS) is 14.0. The summed E-state index contributed by atoms with van der Waals surface area (Å²) in [4.78, 5) is 10.5. The standard InChI is InChI=1S/C11H15BrN2O3S/c1-7(11(6-15)18-2)13-9-4-3-8(12)5-10(9)14(16)17/h3-5,7,11,13,15H,6H2,1-2H3. The van der Waals surface area contributed by atoms with E-state index >= 15 is 0 Å². The molecule has 1 aromatic rings. The van der Waals surface area contributed by atoms with Crippen LogP contribution < -0.4 is 5.32 Å². The number of nitro benzene ring substituents is 1. The second kappa shape index (κ2) is 6.96. The topological polar surface area (TPSA) is 75.4 Å². The van der Waals surface area contributed by atoms with Gasteiger partial charge < -0.3 is 10.4 Å². The zero-order valence-electron chi connectivity index (χ0n) is 10.1. The third kappa shape index (κ3) is 3.86. The van der Waals surface area contributed by atoms with Gasteiger partial charge in [0.2, 0.25) is 0 Å². The monoisotopic (exact) mass is 334 g/mol. The van der Waals surface area contributed by atoms with E-state index in [0.717, 1.165) is 0 Å². The smallest absolute Gasteiger partial charge is 0.293 e. The Morgan fingerprint density at radius 3 is 2.78 bits per heavy atom. The summed E-state index contributed by atoms with van der Waals surface area (Å²) in [6.45, 7) is 1.92. The van der Waals surface area contributed by atoms with E-state index in [1.54, 1.807) is 12.1 Å². The van der Waals surface area contributed by atoms with Crippen molar-refractivity contribution in [1.82, 2.24) is 0 Å². The highest BCUT2D eigenvalue weighted by atomic mass is 79.9. The van der Waals surface area contributed by atoms with E-state index in [2.05, 4.69) is 21.2 Å². The second-order valence-electron chi connectivity index (χ2n) is 3.81. The summed E-state index contributed by atoms with van der Waals surface area (Å²) in [6, 6.07) is 4.80. The number of hydrogen-bond donors (Lipinski definition) is 2. The zero-order chi connectivity index (χ0) is 13.7. The lowest BCUT2D eigenvalue weighted by atomic mass is 10.2. The Bertz CT molecular complexity index is 427. The molecule has 5 nitrogen and oxygen atoms in total. The van der Waals surface area contributed by atoms with E-state index in [0.29, 0.717) is 10.2 Å². The molecule has 0 saturated carbocycles. The first-order valence-corrected chi connectivity index (χ1v) is 7.41. The van der Waals surface area contributed by atoms with Crippen LogP contribution in [0.15, 0.2) is 22.7 Å². The molecule has 0 heterocycles. The molecule has 0 aliphatic heterocycles. The lowest BCUT2D eigenvalue weighted by molar-refractivity contribution is -0.384. The number of halogens is 1. The molecule has 1 aromatic carbocycles. The van der Waals surface area contributed by atoms with Gasteiger partial charge in [-0.1, -0.05) is 15.9 Å². The fourth-order valence-electron chi connectivity index (χ4n) is 1.55. The fourth-order valence-corrected chi connectivity index (χ4v) is 2.53. The number of anilines is 1. The number of thioether (sulfide) groups is 1. The molecule has 0 saturated heterocycles. The van der Waals surface area contributed by atoms with Crippen molar-refractivity contribution in [3.63, 3.8) is 0 Å². The number of aliphatic hydroxyl groups is 1. The minimum Gasteiger partial charge on any atom is -0.395 e. The van der Waals surface area contributed by atoms with Crippen LogP contribution in [-0.2, 0) is 0 Å². The van der Waals surface area contributed by atoms with E-state index < -0.39 is 4.92 Å². The number of rotatable bonds is 6. The van der Waals surface area contributed by atoms with Gasteiger partial charge in [-0.3, -0.25) is 10.1 Å². The molecule has 2 atom stereocenters. The van der Waals surface area contributed by atoms with Crippen LogP contribution in [0.5, 0.6) is 0 Å². The third-order valence-electron chi connectivity index (χ3n) is 2.58. The van der Waals surface area contributed by atoms with Crippen LogP contribution in [0, 0.1) is 10.1 Å². The first kappa shape index (κ1) is 15.3. The predicted molar refractivity (Wildman–Crippen MR) is 78.3 cm³/mol. The molecular formula is C11H15BrN2O3S. The van der Waals surface area contributed by atoms with Gasteiger partial charge in [-0.05, 0) is 25.3 Å². The van der Waals surface area contributed by atoms with Crippen molar-refractivity contribution in [3.05, 3.63) is 32.8 Å². The Hall–Kier alpha value is -0.790. The Morgan fingerprint density at radius 2 is 2.28 bits per heavy atom. The Balaban J connectivity index is 2.93. The number of benzene rings is 1. The first-order chi connectivity index (χ1) is 8.49. The first-order valence-electron chi connectivity index (χ1n) is 5.33. The van der Waals surface area contributed by atoms with Crippen molar-refractivity contribution < 1.29 is 10.0 Å². The largest absolute Gasteiger partial charge is 0.395 e. The third-order valence-corrected chi connectivity index (χ3v) is 4.24. The molecule has 0 aliphatic carbocycles. The number of nitrogens with one attached hydrogen (secondary N) is 1. The highest BCUT2D eigenvalue weighted by Crippen LogP contribution is 2.29. The molecule has 100 valence electrons. The molecule has 0 aromatic heterocycles. The van der Waals surface area contributed by atoms with Gasteiger partial charge in [0, 0.05) is 21.8 Å². The number of nitro groups is 1. The molecule has 0 fully saturated rings. The van der Waals surface area contributed by atoms with Gasteiger partial charge in [-0.15, -0.1) is 0 Å². The quantitative estimate of drug-likeness (QED) is 0.618. The Labute approximate surface area is 118 Å². The summed E-state index contributed by atoms with van der Waals surface area (Å²) in [5.41, 5.74) is 0.484. The number of aliphatic hydroxyl groups excluding tert-OH is 1. The fraction of sp³-hybridized carbons (Fsp3) is 0.455. The van der Waals surface area contributed by atoms with Crippen molar-refractivity contribution in [1.29, 1.82) is 0 Å². The molecule has 0 amide bonds. The highest BCUT2D eigenvalue weighted by molar-refractivity contribution is 9.10. The summed E-state index contributed by atoms with van der Waals surface area (Å²) in [5.74, 6) is 0.